The van der Waals surface area contributed by atoms with E-state index in [1.165, 1.54) is 10.4 Å². The lowest BCUT2D eigenvalue weighted by Crippen LogP contribution is -2.33. The maximum absolute atomic E-state index is 5.97. The summed E-state index contributed by atoms with van der Waals surface area (Å²) in [6.45, 7) is 4.19. The maximum Gasteiger partial charge on any atom is 0.0772 e. The minimum absolute atomic E-state index is 0.460. The molecule has 18 heavy (non-hydrogen) atoms. The third kappa shape index (κ3) is 2.02. The maximum atomic E-state index is 5.97. The highest BCUT2D eigenvalue weighted by molar-refractivity contribution is 7.10. The molecule has 2 aromatic rings. The third-order valence-electron chi connectivity index (χ3n) is 3.68. The minimum Gasteiger partial charge on any atom is -0.397 e. The van der Waals surface area contributed by atoms with Gasteiger partial charge in [-0.1, -0.05) is 0 Å². The molecular weight excluding hydrogens is 242 g/mol. The highest BCUT2D eigenvalue weighted by Crippen LogP contribution is 2.33. The second-order valence-electron chi connectivity index (χ2n) is 4.73. The van der Waals surface area contributed by atoms with Crippen molar-refractivity contribution in [3.8, 4) is 0 Å². The highest BCUT2D eigenvalue weighted by Gasteiger charge is 2.25. The van der Waals surface area contributed by atoms with Crippen LogP contribution < -0.4 is 5.73 Å². The van der Waals surface area contributed by atoms with Gasteiger partial charge in [0.05, 0.1) is 11.4 Å². The van der Waals surface area contributed by atoms with Crippen molar-refractivity contribution in [1.82, 2.24) is 9.88 Å². The molecule has 0 amide bonds. The Morgan fingerprint density at radius 3 is 3.22 bits per heavy atom. The molecule has 3 rings (SSSR count). The van der Waals surface area contributed by atoms with Gasteiger partial charge in [0, 0.05) is 30.2 Å². The number of pyridine rings is 1. The molecule has 0 aromatic carbocycles. The second-order valence-corrected chi connectivity index (χ2v) is 5.74. The predicted molar refractivity (Wildman–Crippen MR) is 75.5 cm³/mol. The standard InChI is InChI=1S/C14H17N3S/c1-10-11-5-8-18-14(11)4-7-17(10)9-13-12(15)3-2-6-16-13/h2-3,5-6,8,10H,4,7,9,15H2,1H3. The monoisotopic (exact) mass is 259 g/mol. The van der Waals surface area contributed by atoms with Crippen LogP contribution in [0.5, 0.6) is 0 Å². The van der Waals surface area contributed by atoms with Gasteiger partial charge in [0.25, 0.3) is 0 Å². The minimum atomic E-state index is 0.460. The normalized spacial score (nSPS) is 19.7. The van der Waals surface area contributed by atoms with Crippen molar-refractivity contribution in [3.63, 3.8) is 0 Å². The molecule has 0 bridgehead atoms. The van der Waals surface area contributed by atoms with E-state index >= 15 is 0 Å². The van der Waals surface area contributed by atoms with Gasteiger partial charge in [-0.25, -0.2) is 0 Å². The molecule has 94 valence electrons. The number of nitrogen functional groups attached to an aromatic ring is 1. The van der Waals surface area contributed by atoms with Gasteiger partial charge >= 0.3 is 0 Å². The van der Waals surface area contributed by atoms with Gasteiger partial charge in [-0.3, -0.25) is 9.88 Å². The summed E-state index contributed by atoms with van der Waals surface area (Å²) in [5.74, 6) is 0. The third-order valence-corrected chi connectivity index (χ3v) is 4.68. The zero-order valence-electron chi connectivity index (χ0n) is 10.5. The molecule has 2 aromatic heterocycles. The van der Waals surface area contributed by atoms with Gasteiger partial charge in [-0.05, 0) is 42.5 Å². The van der Waals surface area contributed by atoms with Gasteiger partial charge < -0.3 is 5.73 Å². The molecule has 0 saturated carbocycles. The Kier molecular flexibility index (Phi) is 3.06. The van der Waals surface area contributed by atoms with Crippen LogP contribution in [0, 0.1) is 0 Å². The Bertz CT molecular complexity index is 549. The lowest BCUT2D eigenvalue weighted by molar-refractivity contribution is 0.189. The van der Waals surface area contributed by atoms with Crippen molar-refractivity contribution >= 4 is 17.0 Å². The molecule has 3 heterocycles. The lowest BCUT2D eigenvalue weighted by atomic mass is 10.0. The summed E-state index contributed by atoms with van der Waals surface area (Å²) < 4.78 is 0. The average Bonchev–Trinajstić information content (AvgIpc) is 2.84. The largest absolute Gasteiger partial charge is 0.397 e. The van der Waals surface area contributed by atoms with E-state index in [1.54, 1.807) is 0 Å². The fraction of sp³-hybridized carbons (Fsp3) is 0.357. The number of hydrogen-bond donors (Lipinski definition) is 1. The molecular formula is C14H17N3S. The van der Waals surface area contributed by atoms with Crippen molar-refractivity contribution in [1.29, 1.82) is 0 Å². The second kappa shape index (κ2) is 4.71. The summed E-state index contributed by atoms with van der Waals surface area (Å²) in [4.78, 5) is 8.37. The smallest absolute Gasteiger partial charge is 0.0772 e. The lowest BCUT2D eigenvalue weighted by Gasteiger charge is -2.33. The first-order valence-electron chi connectivity index (χ1n) is 6.25. The fourth-order valence-corrected chi connectivity index (χ4v) is 3.52. The Hall–Kier alpha value is -1.39. The SMILES string of the molecule is CC1c2ccsc2CCN1Cc1ncccc1N. The molecule has 2 N–H and O–H groups in total. The van der Waals surface area contributed by atoms with Gasteiger partial charge in [0.1, 0.15) is 0 Å². The first-order chi connectivity index (χ1) is 8.75. The fourth-order valence-electron chi connectivity index (χ4n) is 2.55. The summed E-state index contributed by atoms with van der Waals surface area (Å²) in [6.07, 6.45) is 2.96. The van der Waals surface area contributed by atoms with Crippen LogP contribution >= 0.6 is 11.3 Å². The zero-order valence-corrected chi connectivity index (χ0v) is 11.3. The summed E-state index contributed by atoms with van der Waals surface area (Å²) in [6, 6.07) is 6.52. The van der Waals surface area contributed by atoms with E-state index in [0.717, 1.165) is 30.9 Å². The number of thiophene rings is 1. The van der Waals surface area contributed by atoms with Crippen LogP contribution in [0.4, 0.5) is 5.69 Å². The number of nitrogens with zero attached hydrogens (tertiary/aromatic N) is 2. The predicted octanol–water partition coefficient (Wildman–Crippen LogP) is 2.84. The molecule has 0 fully saturated rings. The van der Waals surface area contributed by atoms with Crippen molar-refractivity contribution in [3.05, 3.63) is 45.9 Å². The van der Waals surface area contributed by atoms with Crippen LogP contribution in [-0.4, -0.2) is 16.4 Å². The molecule has 3 nitrogen and oxygen atoms in total. The summed E-state index contributed by atoms with van der Waals surface area (Å²) in [5, 5.41) is 2.19. The first-order valence-corrected chi connectivity index (χ1v) is 7.13. The number of aromatic nitrogens is 1. The Balaban J connectivity index is 1.81. The van der Waals surface area contributed by atoms with Crippen molar-refractivity contribution in [2.24, 2.45) is 0 Å². The number of hydrogen-bond acceptors (Lipinski definition) is 4. The summed E-state index contributed by atoms with van der Waals surface area (Å²) in [7, 11) is 0. The van der Waals surface area contributed by atoms with E-state index in [2.05, 4.69) is 28.3 Å². The molecule has 4 heteroatoms. The number of anilines is 1. The van der Waals surface area contributed by atoms with Crippen LogP contribution in [0.15, 0.2) is 29.8 Å². The zero-order chi connectivity index (χ0) is 12.5. The molecule has 0 saturated heterocycles. The Labute approximate surface area is 111 Å². The van der Waals surface area contributed by atoms with Crippen molar-refractivity contribution in [2.45, 2.75) is 25.9 Å². The van der Waals surface area contributed by atoms with E-state index in [1.807, 2.05) is 29.7 Å². The number of nitrogens with two attached hydrogens (primary N) is 1. The van der Waals surface area contributed by atoms with E-state index in [9.17, 15) is 0 Å². The molecule has 0 aliphatic carbocycles. The number of fused-ring (bicyclic) bond motifs is 1. The van der Waals surface area contributed by atoms with Gasteiger partial charge in [-0.2, -0.15) is 0 Å². The van der Waals surface area contributed by atoms with Crippen LogP contribution in [0.2, 0.25) is 0 Å². The summed E-state index contributed by atoms with van der Waals surface area (Å²) in [5.41, 5.74) is 9.22. The Morgan fingerprint density at radius 1 is 1.50 bits per heavy atom. The van der Waals surface area contributed by atoms with Crippen molar-refractivity contribution in [2.75, 3.05) is 12.3 Å². The molecule has 1 aliphatic rings. The molecule has 0 radical (unpaired) electrons. The van der Waals surface area contributed by atoms with Crippen LogP contribution in [0.3, 0.4) is 0 Å². The molecule has 0 spiro atoms. The molecule has 1 aliphatic heterocycles. The van der Waals surface area contributed by atoms with E-state index in [0.29, 0.717) is 6.04 Å². The molecule has 1 unspecified atom stereocenters. The van der Waals surface area contributed by atoms with E-state index in [4.69, 9.17) is 5.73 Å². The highest BCUT2D eigenvalue weighted by atomic mass is 32.1. The van der Waals surface area contributed by atoms with E-state index < -0.39 is 0 Å². The van der Waals surface area contributed by atoms with Crippen LogP contribution in [0.25, 0.3) is 0 Å². The Morgan fingerprint density at radius 2 is 2.39 bits per heavy atom. The quantitative estimate of drug-likeness (QED) is 0.901. The molecule has 1 atom stereocenters. The van der Waals surface area contributed by atoms with Gasteiger partial charge in [-0.15, -0.1) is 11.3 Å². The van der Waals surface area contributed by atoms with Crippen molar-refractivity contribution < 1.29 is 0 Å². The number of rotatable bonds is 2. The van der Waals surface area contributed by atoms with Gasteiger partial charge in [0.15, 0.2) is 0 Å². The topological polar surface area (TPSA) is 42.2 Å². The van der Waals surface area contributed by atoms with E-state index in [-0.39, 0.29) is 0 Å². The summed E-state index contributed by atoms with van der Waals surface area (Å²) >= 11 is 1.87. The van der Waals surface area contributed by atoms with Crippen LogP contribution in [-0.2, 0) is 13.0 Å². The first kappa shape index (κ1) is 11.7. The average molecular weight is 259 g/mol. The van der Waals surface area contributed by atoms with Gasteiger partial charge in [0.2, 0.25) is 0 Å². The van der Waals surface area contributed by atoms with Crippen LogP contribution in [0.1, 0.15) is 29.1 Å².